The molecule has 8 heteroatoms. The Morgan fingerprint density at radius 2 is 1.86 bits per heavy atom. The molecule has 1 N–H and O–H groups in total. The average molecular weight is 426 g/mol. The molecule has 2 heterocycles. The Morgan fingerprint density at radius 3 is 2.62 bits per heavy atom. The van der Waals surface area contributed by atoms with Crippen LogP contribution in [0.1, 0.15) is 5.56 Å². The summed E-state index contributed by atoms with van der Waals surface area (Å²) >= 11 is 2.53. The molecular formula is C21H16FN3O2S2. The zero-order chi connectivity index (χ0) is 20.2. The monoisotopic (exact) mass is 425 g/mol. The molecule has 0 atom stereocenters. The largest absolute Gasteiger partial charge is 0.325 e. The molecule has 2 aromatic heterocycles. The quantitative estimate of drug-likeness (QED) is 0.368. The van der Waals surface area contributed by atoms with E-state index in [4.69, 9.17) is 0 Å². The fourth-order valence-electron chi connectivity index (χ4n) is 2.79. The highest BCUT2D eigenvalue weighted by Gasteiger charge is 2.15. The molecule has 0 aliphatic heterocycles. The first-order valence-corrected chi connectivity index (χ1v) is 10.7. The van der Waals surface area contributed by atoms with Crippen molar-refractivity contribution in [3.05, 3.63) is 87.8 Å². The van der Waals surface area contributed by atoms with Crippen molar-refractivity contribution in [2.45, 2.75) is 11.7 Å². The Hall–Kier alpha value is -2.97. The molecule has 0 bridgehead atoms. The molecule has 29 heavy (non-hydrogen) atoms. The van der Waals surface area contributed by atoms with E-state index < -0.39 is 0 Å². The van der Waals surface area contributed by atoms with E-state index in [2.05, 4.69) is 10.3 Å². The Balaban J connectivity index is 1.59. The Kier molecular flexibility index (Phi) is 5.73. The van der Waals surface area contributed by atoms with E-state index in [-0.39, 0.29) is 29.6 Å². The van der Waals surface area contributed by atoms with Gasteiger partial charge in [0.25, 0.3) is 5.56 Å². The number of benzene rings is 2. The first-order valence-electron chi connectivity index (χ1n) is 8.80. The molecule has 0 spiro atoms. The van der Waals surface area contributed by atoms with Crippen LogP contribution >= 0.6 is 23.1 Å². The number of anilines is 1. The molecule has 0 radical (unpaired) electrons. The number of carbonyl (C=O) groups excluding carboxylic acids is 1. The third kappa shape index (κ3) is 4.55. The van der Waals surface area contributed by atoms with E-state index in [9.17, 15) is 14.0 Å². The summed E-state index contributed by atoms with van der Waals surface area (Å²) in [5.41, 5.74) is 1.94. The molecule has 2 aromatic carbocycles. The van der Waals surface area contributed by atoms with E-state index in [1.807, 2.05) is 35.7 Å². The van der Waals surface area contributed by atoms with Crippen LogP contribution in [-0.4, -0.2) is 21.2 Å². The van der Waals surface area contributed by atoms with Crippen molar-refractivity contribution >= 4 is 44.9 Å². The predicted molar refractivity (Wildman–Crippen MR) is 115 cm³/mol. The number of rotatable bonds is 6. The number of nitrogens with one attached hydrogen (secondary N) is 1. The summed E-state index contributed by atoms with van der Waals surface area (Å²) in [5.74, 6) is -0.408. The molecular weight excluding hydrogens is 409 g/mol. The van der Waals surface area contributed by atoms with Crippen molar-refractivity contribution in [2.75, 3.05) is 11.1 Å². The minimum Gasteiger partial charge on any atom is -0.325 e. The average Bonchev–Trinajstić information content (AvgIpc) is 3.20. The van der Waals surface area contributed by atoms with E-state index in [1.54, 1.807) is 18.2 Å². The van der Waals surface area contributed by atoms with Gasteiger partial charge < -0.3 is 5.32 Å². The number of thioether (sulfide) groups is 1. The van der Waals surface area contributed by atoms with Crippen LogP contribution in [0.2, 0.25) is 0 Å². The number of halogens is 1. The Bertz CT molecular complexity index is 1200. The minimum atomic E-state index is -0.333. The maximum atomic E-state index is 13.2. The van der Waals surface area contributed by atoms with Gasteiger partial charge in [-0.1, -0.05) is 42.1 Å². The first-order chi connectivity index (χ1) is 14.1. The van der Waals surface area contributed by atoms with Crippen molar-refractivity contribution in [2.24, 2.45) is 0 Å². The van der Waals surface area contributed by atoms with Gasteiger partial charge in [0.05, 0.1) is 17.8 Å². The third-order valence-electron chi connectivity index (χ3n) is 4.17. The maximum absolute atomic E-state index is 13.2. The second kappa shape index (κ2) is 8.59. The van der Waals surface area contributed by atoms with Gasteiger partial charge in [-0.25, -0.2) is 9.37 Å². The standard InChI is InChI=1S/C21H16FN3O2S2/c22-15-8-6-14(7-9-15)12-25-20(27)19-17(10-11-28-19)24-21(25)29-13-18(26)23-16-4-2-1-3-5-16/h1-11H,12-13H2,(H,23,26). The van der Waals surface area contributed by atoms with Crippen LogP contribution in [0.25, 0.3) is 10.2 Å². The molecule has 4 aromatic rings. The van der Waals surface area contributed by atoms with Crippen LogP contribution in [0, 0.1) is 5.82 Å². The van der Waals surface area contributed by atoms with Crippen LogP contribution in [0.5, 0.6) is 0 Å². The number of para-hydroxylation sites is 1. The predicted octanol–water partition coefficient (Wildman–Crippen LogP) is 4.38. The molecule has 0 aliphatic rings. The summed E-state index contributed by atoms with van der Waals surface area (Å²) in [4.78, 5) is 29.8. The second-order valence-corrected chi connectivity index (χ2v) is 8.11. The Morgan fingerprint density at radius 1 is 1.10 bits per heavy atom. The fraction of sp³-hybridized carbons (Fsp3) is 0.0952. The molecule has 1 amide bonds. The number of carbonyl (C=O) groups is 1. The maximum Gasteiger partial charge on any atom is 0.272 e. The van der Waals surface area contributed by atoms with Gasteiger partial charge >= 0.3 is 0 Å². The Labute approximate surface area is 174 Å². The van der Waals surface area contributed by atoms with Crippen LogP contribution < -0.4 is 10.9 Å². The number of nitrogens with zero attached hydrogens (tertiary/aromatic N) is 2. The van der Waals surface area contributed by atoms with Crippen molar-refractivity contribution in [3.63, 3.8) is 0 Å². The molecule has 0 saturated carbocycles. The van der Waals surface area contributed by atoms with Crippen LogP contribution in [0.4, 0.5) is 10.1 Å². The van der Waals surface area contributed by atoms with Crippen molar-refractivity contribution in [3.8, 4) is 0 Å². The summed E-state index contributed by atoms with van der Waals surface area (Å²) in [6.07, 6.45) is 0. The van der Waals surface area contributed by atoms with Crippen molar-refractivity contribution in [1.82, 2.24) is 9.55 Å². The van der Waals surface area contributed by atoms with Gasteiger partial charge in [0.1, 0.15) is 10.5 Å². The number of thiophene rings is 1. The lowest BCUT2D eigenvalue weighted by Crippen LogP contribution is -2.24. The van der Waals surface area contributed by atoms with Gasteiger partial charge in [-0.2, -0.15) is 0 Å². The van der Waals surface area contributed by atoms with Crippen LogP contribution in [0.3, 0.4) is 0 Å². The van der Waals surface area contributed by atoms with E-state index in [0.717, 1.165) is 5.56 Å². The zero-order valence-corrected chi connectivity index (χ0v) is 16.8. The lowest BCUT2D eigenvalue weighted by Gasteiger charge is -2.12. The van der Waals surface area contributed by atoms with E-state index in [0.29, 0.717) is 21.1 Å². The summed E-state index contributed by atoms with van der Waals surface area (Å²) in [5, 5.41) is 5.09. The number of amides is 1. The molecule has 0 aliphatic carbocycles. The lowest BCUT2D eigenvalue weighted by molar-refractivity contribution is -0.113. The third-order valence-corrected chi connectivity index (χ3v) is 6.04. The smallest absolute Gasteiger partial charge is 0.272 e. The lowest BCUT2D eigenvalue weighted by atomic mass is 10.2. The normalized spacial score (nSPS) is 10.9. The van der Waals surface area contributed by atoms with Gasteiger partial charge in [-0.15, -0.1) is 11.3 Å². The fourth-order valence-corrected chi connectivity index (χ4v) is 4.37. The van der Waals surface area contributed by atoms with Gasteiger partial charge in [0.15, 0.2) is 5.16 Å². The molecule has 0 saturated heterocycles. The van der Waals surface area contributed by atoms with Crippen LogP contribution in [-0.2, 0) is 11.3 Å². The topological polar surface area (TPSA) is 64.0 Å². The zero-order valence-electron chi connectivity index (χ0n) is 15.2. The van der Waals surface area contributed by atoms with E-state index in [1.165, 1.54) is 39.8 Å². The van der Waals surface area contributed by atoms with Crippen molar-refractivity contribution in [1.29, 1.82) is 0 Å². The summed E-state index contributed by atoms with van der Waals surface area (Å²) in [6, 6.07) is 17.0. The number of aromatic nitrogens is 2. The highest BCUT2D eigenvalue weighted by molar-refractivity contribution is 7.99. The number of hydrogen-bond acceptors (Lipinski definition) is 5. The molecule has 4 rings (SSSR count). The van der Waals surface area contributed by atoms with Gasteiger partial charge in [0.2, 0.25) is 5.91 Å². The second-order valence-electron chi connectivity index (χ2n) is 6.25. The van der Waals surface area contributed by atoms with E-state index >= 15 is 0 Å². The van der Waals surface area contributed by atoms with Crippen molar-refractivity contribution < 1.29 is 9.18 Å². The molecule has 146 valence electrons. The summed E-state index contributed by atoms with van der Waals surface area (Å²) in [6.45, 7) is 0.253. The number of fused-ring (bicyclic) bond motifs is 1. The highest BCUT2D eigenvalue weighted by Crippen LogP contribution is 2.22. The van der Waals surface area contributed by atoms with Gasteiger partial charge in [-0.3, -0.25) is 14.2 Å². The van der Waals surface area contributed by atoms with Crippen LogP contribution in [0.15, 0.2) is 76.0 Å². The SMILES string of the molecule is O=C(CSc1nc2ccsc2c(=O)n1Cc1ccc(F)cc1)Nc1ccccc1. The highest BCUT2D eigenvalue weighted by atomic mass is 32.2. The first kappa shape index (κ1) is 19.4. The summed E-state index contributed by atoms with van der Waals surface area (Å²) in [7, 11) is 0. The molecule has 0 unspecified atom stereocenters. The summed E-state index contributed by atoms with van der Waals surface area (Å²) < 4.78 is 15.3. The molecule has 0 fully saturated rings. The number of hydrogen-bond donors (Lipinski definition) is 1. The molecule has 5 nitrogen and oxygen atoms in total. The minimum absolute atomic E-state index is 0.112. The van der Waals surface area contributed by atoms with Gasteiger partial charge in [-0.05, 0) is 41.3 Å². The van der Waals surface area contributed by atoms with Gasteiger partial charge in [0, 0.05) is 5.69 Å².